The predicted octanol–water partition coefficient (Wildman–Crippen LogP) is 3.51. The Bertz CT molecular complexity index is 938. The summed E-state index contributed by atoms with van der Waals surface area (Å²) in [5.41, 5.74) is 1.79. The largest absolute Gasteiger partial charge is 0.492 e. The Kier molecular flexibility index (Phi) is 5.53. The molecule has 150 valence electrons. The van der Waals surface area contributed by atoms with Gasteiger partial charge < -0.3 is 9.47 Å². The van der Waals surface area contributed by atoms with Crippen molar-refractivity contribution in [2.45, 2.75) is 19.3 Å². The van der Waals surface area contributed by atoms with Crippen LogP contribution in [0.1, 0.15) is 39.1 Å². The third-order valence-corrected chi connectivity index (χ3v) is 5.40. The molecule has 0 saturated heterocycles. The van der Waals surface area contributed by atoms with Crippen molar-refractivity contribution < 1.29 is 23.9 Å². The van der Waals surface area contributed by atoms with Crippen molar-refractivity contribution in [3.8, 4) is 5.75 Å². The molecule has 0 saturated carbocycles. The summed E-state index contributed by atoms with van der Waals surface area (Å²) in [6.07, 6.45) is 1.66. The number of hydrogen-bond acceptors (Lipinski definition) is 5. The summed E-state index contributed by atoms with van der Waals surface area (Å²) in [5.74, 6) is -0.452. The van der Waals surface area contributed by atoms with E-state index in [9.17, 15) is 14.4 Å². The Labute approximate surface area is 173 Å². The number of unbranched alkanes of at least 4 members (excludes halogenated alkanes) is 1. The zero-order valence-corrected chi connectivity index (χ0v) is 16.5. The van der Waals surface area contributed by atoms with Crippen LogP contribution in [0.3, 0.4) is 0 Å². The highest BCUT2D eigenvalue weighted by Crippen LogP contribution is 2.30. The molecular formula is C22H20ClNO5. The molecule has 4 rings (SSSR count). The van der Waals surface area contributed by atoms with Crippen LogP contribution >= 0.6 is 11.6 Å². The molecule has 0 bridgehead atoms. The van der Waals surface area contributed by atoms with Crippen molar-refractivity contribution in [2.75, 3.05) is 19.8 Å². The molecule has 29 heavy (non-hydrogen) atoms. The minimum absolute atomic E-state index is 0.237. The van der Waals surface area contributed by atoms with Gasteiger partial charge in [-0.3, -0.25) is 19.3 Å². The van der Waals surface area contributed by atoms with E-state index in [4.69, 9.17) is 21.1 Å². The van der Waals surface area contributed by atoms with Crippen LogP contribution in [0.15, 0.2) is 42.5 Å². The van der Waals surface area contributed by atoms with Gasteiger partial charge >= 0.3 is 5.97 Å². The topological polar surface area (TPSA) is 72.9 Å². The van der Waals surface area contributed by atoms with Gasteiger partial charge in [0, 0.05) is 11.6 Å². The average Bonchev–Trinajstić information content (AvgIpc) is 2.97. The van der Waals surface area contributed by atoms with Gasteiger partial charge in [0.05, 0.1) is 23.7 Å². The van der Waals surface area contributed by atoms with Crippen molar-refractivity contribution in [1.82, 2.24) is 4.90 Å². The van der Waals surface area contributed by atoms with Crippen molar-refractivity contribution in [1.29, 1.82) is 0 Å². The van der Waals surface area contributed by atoms with Gasteiger partial charge in [-0.2, -0.15) is 0 Å². The van der Waals surface area contributed by atoms with E-state index in [0.717, 1.165) is 11.3 Å². The molecule has 1 atom stereocenters. The van der Waals surface area contributed by atoms with Gasteiger partial charge in [-0.1, -0.05) is 23.7 Å². The number of esters is 1. The Morgan fingerprint density at radius 3 is 2.55 bits per heavy atom. The van der Waals surface area contributed by atoms with Gasteiger partial charge in [-0.05, 0) is 55.2 Å². The maximum Gasteiger partial charge on any atom is 0.312 e. The maximum atomic E-state index is 12.3. The van der Waals surface area contributed by atoms with Crippen LogP contribution in [0.2, 0.25) is 5.02 Å². The van der Waals surface area contributed by atoms with Gasteiger partial charge in [0.15, 0.2) is 0 Å². The standard InChI is InChI=1S/C22H20ClNO5/c23-16-7-8-19-14(12-16)11-15(13-29-19)22(27)28-10-4-3-9-24-20(25)17-5-1-2-6-18(17)21(24)26/h1-2,5-8,12,15H,3-4,9-11,13H2. The lowest BCUT2D eigenvalue weighted by molar-refractivity contribution is -0.150. The van der Waals surface area contributed by atoms with E-state index in [1.807, 2.05) is 0 Å². The minimum atomic E-state index is -0.364. The monoisotopic (exact) mass is 413 g/mol. The van der Waals surface area contributed by atoms with Gasteiger partial charge in [0.25, 0.3) is 11.8 Å². The van der Waals surface area contributed by atoms with E-state index in [0.29, 0.717) is 42.0 Å². The smallest absolute Gasteiger partial charge is 0.312 e. The minimum Gasteiger partial charge on any atom is -0.492 e. The van der Waals surface area contributed by atoms with E-state index in [1.54, 1.807) is 42.5 Å². The molecule has 2 amide bonds. The highest BCUT2D eigenvalue weighted by molar-refractivity contribution is 6.30. The third kappa shape index (κ3) is 3.98. The molecular weight excluding hydrogens is 394 g/mol. The molecule has 0 spiro atoms. The van der Waals surface area contributed by atoms with Crippen molar-refractivity contribution in [3.05, 3.63) is 64.2 Å². The summed E-state index contributed by atoms with van der Waals surface area (Å²) in [6, 6.07) is 12.2. The van der Waals surface area contributed by atoms with Gasteiger partial charge in [0.1, 0.15) is 12.4 Å². The van der Waals surface area contributed by atoms with Crippen LogP contribution in [0.25, 0.3) is 0 Å². The molecule has 0 fully saturated rings. The quantitative estimate of drug-likeness (QED) is 0.411. The summed E-state index contributed by atoms with van der Waals surface area (Å²) in [7, 11) is 0. The van der Waals surface area contributed by atoms with Gasteiger partial charge in [-0.25, -0.2) is 0 Å². The lowest BCUT2D eigenvalue weighted by Gasteiger charge is -2.24. The Hall–Kier alpha value is -2.86. The molecule has 6 nitrogen and oxygen atoms in total. The van der Waals surface area contributed by atoms with E-state index < -0.39 is 0 Å². The summed E-state index contributed by atoms with van der Waals surface area (Å²) < 4.78 is 11.0. The zero-order chi connectivity index (χ0) is 20.4. The van der Waals surface area contributed by atoms with Crippen molar-refractivity contribution in [3.63, 3.8) is 0 Å². The molecule has 0 radical (unpaired) electrons. The van der Waals surface area contributed by atoms with Crippen LogP contribution in [0.5, 0.6) is 5.75 Å². The number of ether oxygens (including phenoxy) is 2. The highest BCUT2D eigenvalue weighted by Gasteiger charge is 2.34. The molecule has 7 heteroatoms. The molecule has 2 aromatic carbocycles. The maximum absolute atomic E-state index is 12.3. The Morgan fingerprint density at radius 2 is 1.83 bits per heavy atom. The normalized spacial score (nSPS) is 17.6. The first-order valence-electron chi connectivity index (χ1n) is 9.57. The second-order valence-electron chi connectivity index (χ2n) is 7.15. The van der Waals surface area contributed by atoms with E-state index in [-0.39, 0.29) is 36.9 Å². The van der Waals surface area contributed by atoms with Gasteiger partial charge in [0.2, 0.25) is 0 Å². The van der Waals surface area contributed by atoms with Gasteiger partial charge in [-0.15, -0.1) is 0 Å². The van der Waals surface area contributed by atoms with Crippen LogP contribution in [-0.4, -0.2) is 42.4 Å². The number of fused-ring (bicyclic) bond motifs is 2. The van der Waals surface area contributed by atoms with Crippen LogP contribution in [0.4, 0.5) is 0 Å². The molecule has 2 heterocycles. The number of amides is 2. The van der Waals surface area contributed by atoms with Crippen LogP contribution in [0, 0.1) is 5.92 Å². The number of imide groups is 1. The summed E-state index contributed by atoms with van der Waals surface area (Å²) in [4.78, 5) is 38.2. The molecule has 0 aliphatic carbocycles. The highest BCUT2D eigenvalue weighted by atomic mass is 35.5. The van der Waals surface area contributed by atoms with E-state index in [1.165, 1.54) is 4.90 Å². The molecule has 0 aromatic heterocycles. The zero-order valence-electron chi connectivity index (χ0n) is 15.7. The summed E-state index contributed by atoms with van der Waals surface area (Å²) in [5, 5.41) is 0.606. The number of nitrogens with zero attached hydrogens (tertiary/aromatic N) is 1. The fourth-order valence-corrected chi connectivity index (χ4v) is 3.81. The number of carbonyl (C=O) groups is 3. The lowest BCUT2D eigenvalue weighted by atomic mass is 9.97. The first kappa shape index (κ1) is 19.5. The number of hydrogen-bond donors (Lipinski definition) is 0. The Morgan fingerprint density at radius 1 is 1.10 bits per heavy atom. The number of carbonyl (C=O) groups excluding carboxylic acids is 3. The van der Waals surface area contributed by atoms with Crippen molar-refractivity contribution in [2.24, 2.45) is 5.92 Å². The van der Waals surface area contributed by atoms with Crippen LogP contribution in [-0.2, 0) is 16.0 Å². The van der Waals surface area contributed by atoms with E-state index in [2.05, 4.69) is 0 Å². The van der Waals surface area contributed by atoms with Crippen molar-refractivity contribution >= 4 is 29.4 Å². The third-order valence-electron chi connectivity index (χ3n) is 5.16. The van der Waals surface area contributed by atoms with E-state index >= 15 is 0 Å². The average molecular weight is 414 g/mol. The summed E-state index contributed by atoms with van der Waals surface area (Å²) >= 11 is 6.00. The van der Waals surface area contributed by atoms with Crippen LogP contribution < -0.4 is 4.74 Å². The second kappa shape index (κ2) is 8.25. The number of benzene rings is 2. The fourth-order valence-electron chi connectivity index (χ4n) is 3.62. The summed E-state index contributed by atoms with van der Waals surface area (Å²) in [6.45, 7) is 0.825. The molecule has 1 unspecified atom stereocenters. The molecule has 0 N–H and O–H groups in total. The lowest BCUT2D eigenvalue weighted by Crippen LogP contribution is -2.31. The molecule has 2 aromatic rings. The Balaban J connectivity index is 1.21. The fraction of sp³-hybridized carbons (Fsp3) is 0.318. The number of rotatable bonds is 6. The molecule has 2 aliphatic heterocycles. The number of halogens is 1. The SMILES string of the molecule is O=C(OCCCCN1C(=O)c2ccccc2C1=O)C1COc2ccc(Cl)cc2C1. The second-order valence-corrected chi connectivity index (χ2v) is 7.58. The first-order chi connectivity index (χ1) is 14.0. The molecule has 2 aliphatic rings. The predicted molar refractivity (Wildman–Crippen MR) is 106 cm³/mol. The first-order valence-corrected chi connectivity index (χ1v) is 9.95.